The molecule has 0 spiro atoms. The summed E-state index contributed by atoms with van der Waals surface area (Å²) < 4.78 is 0. The number of carbonyl (C=O) groups excluding carboxylic acids is 1. The Morgan fingerprint density at radius 1 is 1.09 bits per heavy atom. The summed E-state index contributed by atoms with van der Waals surface area (Å²) in [7, 11) is 0. The van der Waals surface area contributed by atoms with Gasteiger partial charge in [-0.15, -0.1) is 12.4 Å². The molecule has 0 bridgehead atoms. The standard InChI is InChI=1S/C19H24N2O.ClH/c1-13-9-10-15(20)11-16(13)18(22)21-12-19(3,4)17-8-6-5-7-14(17)2;/h5-11H,12,20H2,1-4H3,(H,21,22);1H. The molecule has 2 aromatic rings. The summed E-state index contributed by atoms with van der Waals surface area (Å²) in [5.41, 5.74) is 10.3. The summed E-state index contributed by atoms with van der Waals surface area (Å²) in [4.78, 5) is 12.4. The Labute approximate surface area is 144 Å². The summed E-state index contributed by atoms with van der Waals surface area (Å²) in [6.45, 7) is 8.87. The SMILES string of the molecule is Cc1ccc(N)cc1C(=O)NCC(C)(C)c1ccccc1C.Cl. The molecule has 0 aliphatic rings. The Morgan fingerprint density at radius 2 is 1.74 bits per heavy atom. The van der Waals surface area contributed by atoms with E-state index in [4.69, 9.17) is 5.73 Å². The molecule has 2 rings (SSSR count). The first kappa shape index (κ1) is 19.0. The van der Waals surface area contributed by atoms with Gasteiger partial charge in [0.15, 0.2) is 0 Å². The zero-order valence-corrected chi connectivity index (χ0v) is 15.0. The van der Waals surface area contributed by atoms with E-state index in [0.29, 0.717) is 17.8 Å². The van der Waals surface area contributed by atoms with E-state index in [0.717, 1.165) is 5.56 Å². The first-order valence-electron chi connectivity index (χ1n) is 7.52. The van der Waals surface area contributed by atoms with Crippen LogP contribution in [0.5, 0.6) is 0 Å². The first-order chi connectivity index (χ1) is 10.3. The summed E-state index contributed by atoms with van der Waals surface area (Å²) in [5.74, 6) is -0.0774. The van der Waals surface area contributed by atoms with Gasteiger partial charge in [0.05, 0.1) is 0 Å². The van der Waals surface area contributed by atoms with Crippen LogP contribution in [0.3, 0.4) is 0 Å². The van der Waals surface area contributed by atoms with Crippen LogP contribution in [-0.2, 0) is 5.41 Å². The molecule has 124 valence electrons. The molecule has 1 amide bonds. The van der Waals surface area contributed by atoms with Gasteiger partial charge in [0.2, 0.25) is 0 Å². The van der Waals surface area contributed by atoms with Gasteiger partial charge in [0.25, 0.3) is 5.91 Å². The van der Waals surface area contributed by atoms with Gasteiger partial charge in [0.1, 0.15) is 0 Å². The average Bonchev–Trinajstić information content (AvgIpc) is 2.47. The molecular weight excluding hydrogens is 308 g/mol. The van der Waals surface area contributed by atoms with E-state index in [2.05, 4.69) is 38.2 Å². The maximum absolute atomic E-state index is 12.4. The number of hydrogen-bond donors (Lipinski definition) is 2. The molecule has 0 radical (unpaired) electrons. The maximum Gasteiger partial charge on any atom is 0.251 e. The Kier molecular flexibility index (Phi) is 6.22. The largest absolute Gasteiger partial charge is 0.399 e. The Balaban J connectivity index is 0.00000264. The molecule has 0 saturated carbocycles. The van der Waals surface area contributed by atoms with Crippen molar-refractivity contribution < 1.29 is 4.79 Å². The van der Waals surface area contributed by atoms with Crippen LogP contribution < -0.4 is 11.1 Å². The number of aryl methyl sites for hydroxylation is 2. The highest BCUT2D eigenvalue weighted by Gasteiger charge is 2.23. The highest BCUT2D eigenvalue weighted by atomic mass is 35.5. The second-order valence-electron chi connectivity index (χ2n) is 6.46. The number of rotatable bonds is 4. The quantitative estimate of drug-likeness (QED) is 0.831. The Hall–Kier alpha value is -2.00. The highest BCUT2D eigenvalue weighted by Crippen LogP contribution is 2.25. The molecule has 2 aromatic carbocycles. The van der Waals surface area contributed by atoms with E-state index in [1.165, 1.54) is 11.1 Å². The number of nitrogens with two attached hydrogens (primary N) is 1. The van der Waals surface area contributed by atoms with Crippen LogP contribution >= 0.6 is 12.4 Å². The molecule has 0 fully saturated rings. The third-order valence-corrected chi connectivity index (χ3v) is 4.07. The molecule has 0 unspecified atom stereocenters. The molecule has 3 nitrogen and oxygen atoms in total. The fourth-order valence-electron chi connectivity index (χ4n) is 2.71. The number of benzene rings is 2. The lowest BCUT2D eigenvalue weighted by Crippen LogP contribution is -2.37. The molecule has 0 heterocycles. The van der Waals surface area contributed by atoms with Gasteiger partial charge in [0, 0.05) is 23.2 Å². The Bertz CT molecular complexity index is 696. The lowest BCUT2D eigenvalue weighted by atomic mass is 9.82. The fraction of sp³-hybridized carbons (Fsp3) is 0.316. The fourth-order valence-corrected chi connectivity index (χ4v) is 2.71. The number of halogens is 1. The van der Waals surface area contributed by atoms with Crippen molar-refractivity contribution in [2.75, 3.05) is 12.3 Å². The second-order valence-corrected chi connectivity index (χ2v) is 6.46. The van der Waals surface area contributed by atoms with Crippen molar-refractivity contribution in [3.63, 3.8) is 0 Å². The van der Waals surface area contributed by atoms with E-state index >= 15 is 0 Å². The Morgan fingerprint density at radius 3 is 2.39 bits per heavy atom. The van der Waals surface area contributed by atoms with Gasteiger partial charge in [-0.3, -0.25) is 4.79 Å². The molecule has 23 heavy (non-hydrogen) atoms. The van der Waals surface area contributed by atoms with Crippen molar-refractivity contribution in [3.8, 4) is 0 Å². The molecule has 0 aliphatic heterocycles. The number of nitrogen functional groups attached to an aromatic ring is 1. The minimum atomic E-state index is -0.130. The van der Waals surface area contributed by atoms with E-state index < -0.39 is 0 Å². The lowest BCUT2D eigenvalue weighted by Gasteiger charge is -2.27. The van der Waals surface area contributed by atoms with Gasteiger partial charge in [-0.1, -0.05) is 44.2 Å². The number of nitrogens with one attached hydrogen (secondary N) is 1. The van der Waals surface area contributed by atoms with E-state index in [9.17, 15) is 4.79 Å². The zero-order chi connectivity index (χ0) is 16.3. The van der Waals surface area contributed by atoms with Crippen molar-refractivity contribution in [1.29, 1.82) is 0 Å². The van der Waals surface area contributed by atoms with Crippen LogP contribution in [0, 0.1) is 13.8 Å². The smallest absolute Gasteiger partial charge is 0.251 e. The minimum Gasteiger partial charge on any atom is -0.399 e. The molecule has 0 atom stereocenters. The normalized spacial score (nSPS) is 10.8. The molecule has 0 aliphatic carbocycles. The predicted molar refractivity (Wildman–Crippen MR) is 99.4 cm³/mol. The topological polar surface area (TPSA) is 55.1 Å². The zero-order valence-electron chi connectivity index (χ0n) is 14.1. The molecule has 4 heteroatoms. The molecular formula is C19H25ClN2O. The van der Waals surface area contributed by atoms with Gasteiger partial charge in [-0.25, -0.2) is 0 Å². The number of amides is 1. The molecule has 0 aromatic heterocycles. The van der Waals surface area contributed by atoms with Crippen molar-refractivity contribution in [1.82, 2.24) is 5.32 Å². The van der Waals surface area contributed by atoms with Crippen molar-refractivity contribution in [2.24, 2.45) is 0 Å². The van der Waals surface area contributed by atoms with Crippen LogP contribution in [0.4, 0.5) is 5.69 Å². The summed E-state index contributed by atoms with van der Waals surface area (Å²) in [5, 5.41) is 3.04. The van der Waals surface area contributed by atoms with E-state index in [1.54, 1.807) is 6.07 Å². The van der Waals surface area contributed by atoms with Crippen molar-refractivity contribution >= 4 is 24.0 Å². The lowest BCUT2D eigenvalue weighted by molar-refractivity contribution is 0.0945. The van der Waals surface area contributed by atoms with Gasteiger partial charge < -0.3 is 11.1 Å². The van der Waals surface area contributed by atoms with Crippen molar-refractivity contribution in [3.05, 3.63) is 64.7 Å². The summed E-state index contributed by atoms with van der Waals surface area (Å²) >= 11 is 0. The van der Waals surface area contributed by atoms with Gasteiger partial charge in [-0.05, 0) is 42.7 Å². The van der Waals surface area contributed by atoms with Crippen LogP contribution in [0.25, 0.3) is 0 Å². The summed E-state index contributed by atoms with van der Waals surface area (Å²) in [6.07, 6.45) is 0. The van der Waals surface area contributed by atoms with Crippen LogP contribution in [0.15, 0.2) is 42.5 Å². The maximum atomic E-state index is 12.4. The van der Waals surface area contributed by atoms with Crippen LogP contribution in [0.1, 0.15) is 40.9 Å². The van der Waals surface area contributed by atoms with Gasteiger partial charge in [-0.2, -0.15) is 0 Å². The third-order valence-electron chi connectivity index (χ3n) is 4.07. The first-order valence-corrected chi connectivity index (χ1v) is 7.52. The monoisotopic (exact) mass is 332 g/mol. The number of hydrogen-bond acceptors (Lipinski definition) is 2. The number of anilines is 1. The van der Waals surface area contributed by atoms with Crippen LogP contribution in [-0.4, -0.2) is 12.5 Å². The van der Waals surface area contributed by atoms with E-state index in [1.807, 2.05) is 31.2 Å². The van der Waals surface area contributed by atoms with Crippen molar-refractivity contribution in [2.45, 2.75) is 33.1 Å². The summed E-state index contributed by atoms with van der Waals surface area (Å²) in [6, 6.07) is 13.7. The average molecular weight is 333 g/mol. The highest BCUT2D eigenvalue weighted by molar-refractivity contribution is 5.96. The van der Waals surface area contributed by atoms with Gasteiger partial charge >= 0.3 is 0 Å². The second kappa shape index (κ2) is 7.51. The molecule has 3 N–H and O–H groups in total. The third kappa shape index (κ3) is 4.49. The predicted octanol–water partition coefficient (Wildman–Crippen LogP) is 4.02. The number of carbonyl (C=O) groups is 1. The minimum absolute atomic E-state index is 0. The molecule has 0 saturated heterocycles. The van der Waals surface area contributed by atoms with Crippen LogP contribution in [0.2, 0.25) is 0 Å². The van der Waals surface area contributed by atoms with E-state index in [-0.39, 0.29) is 23.7 Å².